The normalized spacial score (nSPS) is 31.9. The maximum atomic E-state index is 13.1. The number of rotatable bonds is 10. The second-order valence-electron chi connectivity index (χ2n) is 10.3. The van der Waals surface area contributed by atoms with Crippen LogP contribution in [0.4, 0.5) is 11.4 Å². The molecule has 0 amide bonds. The van der Waals surface area contributed by atoms with E-state index in [1.165, 1.54) is 0 Å². The summed E-state index contributed by atoms with van der Waals surface area (Å²) in [6.45, 7) is 0. The van der Waals surface area contributed by atoms with Crippen LogP contribution in [0, 0.1) is 0 Å². The number of aliphatic carboxylic acids is 2. The van der Waals surface area contributed by atoms with Gasteiger partial charge in [0.1, 0.15) is 36.6 Å². The van der Waals surface area contributed by atoms with Gasteiger partial charge < -0.3 is 50.3 Å². The molecule has 2 saturated heterocycles. The topological polar surface area (TPSA) is 341 Å². The molecule has 23 heteroatoms. The lowest BCUT2D eigenvalue weighted by atomic mass is 10.0. The predicted octanol–water partition coefficient (Wildman–Crippen LogP) is -4.21. The molecule has 0 bridgehead atoms. The van der Waals surface area contributed by atoms with Crippen molar-refractivity contribution in [2.75, 3.05) is 9.44 Å². The summed E-state index contributed by atoms with van der Waals surface area (Å²) < 4.78 is 91.0. The van der Waals surface area contributed by atoms with Crippen molar-refractivity contribution in [2.24, 2.45) is 0 Å². The molecule has 0 radical (unpaired) electrons. The number of benzene rings is 2. The number of nitrogens with one attached hydrogen (secondary N) is 2. The van der Waals surface area contributed by atoms with Crippen molar-refractivity contribution in [1.29, 1.82) is 0 Å². The average Bonchev–Trinajstić information content (AvgIpc) is 2.98. The summed E-state index contributed by atoms with van der Waals surface area (Å²) in [5.74, 6) is -3.62. The summed E-state index contributed by atoms with van der Waals surface area (Å²) >= 11 is 0. The summed E-state index contributed by atoms with van der Waals surface area (Å²) in [4.78, 5) is 21.8. The van der Waals surface area contributed by atoms with Crippen molar-refractivity contribution in [1.82, 2.24) is 0 Å². The van der Waals surface area contributed by atoms with Crippen molar-refractivity contribution in [3.63, 3.8) is 0 Å². The van der Waals surface area contributed by atoms with Crippen molar-refractivity contribution in [2.45, 2.75) is 69.5 Å². The average molecular weight is 729 g/mol. The molecule has 260 valence electrons. The Balaban J connectivity index is 1.47. The van der Waals surface area contributed by atoms with Gasteiger partial charge in [0.2, 0.25) is 20.7 Å². The van der Waals surface area contributed by atoms with E-state index in [1.54, 1.807) is 0 Å². The number of aliphatic hydroxyl groups excluding tert-OH is 6. The SMILES string of the molecule is O=C(O)[C@H]1O[C@H](S(=O)(=O)Nc2ccc(S(=O)(=O)c3ccc(NS(=O)(=O)[C@H]4O[C@H](C(=O)O)[C@@H](O)[C@H](O)[C@H]4O)cc3)cc2)[C@H](O)[C@@H](O)[C@@H]1O. The zero-order valence-electron chi connectivity index (χ0n) is 23.3. The highest BCUT2D eigenvalue weighted by Crippen LogP contribution is 2.30. The van der Waals surface area contributed by atoms with E-state index in [0.717, 1.165) is 48.5 Å². The summed E-state index contributed by atoms with van der Waals surface area (Å²) in [5, 5.41) is 77.7. The number of aliphatic hydroxyl groups is 6. The first-order valence-electron chi connectivity index (χ1n) is 13.0. The van der Waals surface area contributed by atoms with Gasteiger partial charge in [-0.05, 0) is 48.5 Å². The minimum absolute atomic E-state index is 0.271. The molecule has 0 aliphatic carbocycles. The second kappa shape index (κ2) is 13.2. The first kappa shape index (κ1) is 36.3. The predicted molar refractivity (Wildman–Crippen MR) is 152 cm³/mol. The first-order valence-corrected chi connectivity index (χ1v) is 17.6. The number of sulfone groups is 1. The first-order chi connectivity index (χ1) is 21.7. The van der Waals surface area contributed by atoms with Gasteiger partial charge in [-0.15, -0.1) is 0 Å². The van der Waals surface area contributed by atoms with Crippen LogP contribution in [0.3, 0.4) is 0 Å². The van der Waals surface area contributed by atoms with Crippen LogP contribution in [0.1, 0.15) is 0 Å². The summed E-state index contributed by atoms with van der Waals surface area (Å²) in [6.07, 6.45) is -17.6. The van der Waals surface area contributed by atoms with E-state index in [4.69, 9.17) is 19.7 Å². The van der Waals surface area contributed by atoms with Gasteiger partial charge in [-0.3, -0.25) is 9.44 Å². The lowest BCUT2D eigenvalue weighted by Crippen LogP contribution is -2.62. The monoisotopic (exact) mass is 728 g/mol. The molecule has 47 heavy (non-hydrogen) atoms. The molecule has 2 aliphatic rings. The van der Waals surface area contributed by atoms with Crippen LogP contribution in [0.2, 0.25) is 0 Å². The van der Waals surface area contributed by atoms with Gasteiger partial charge in [0.25, 0.3) is 20.0 Å². The molecule has 2 aromatic rings. The summed E-state index contributed by atoms with van der Waals surface area (Å²) in [6, 6.07) is 7.87. The number of anilines is 2. The third kappa shape index (κ3) is 7.19. The van der Waals surface area contributed by atoms with E-state index >= 15 is 0 Å². The lowest BCUT2D eigenvalue weighted by molar-refractivity contribution is -0.211. The number of hydrogen-bond acceptors (Lipinski definition) is 16. The number of carboxylic acid groups (broad SMARTS) is 2. The Morgan fingerprint density at radius 1 is 0.511 bits per heavy atom. The summed E-state index contributed by atoms with van der Waals surface area (Å²) in [7, 11) is -13.9. The second-order valence-corrected chi connectivity index (χ2v) is 15.8. The van der Waals surface area contributed by atoms with E-state index in [9.17, 15) is 65.5 Å². The van der Waals surface area contributed by atoms with Crippen LogP contribution in [0.5, 0.6) is 0 Å². The minimum atomic E-state index is -4.80. The number of hydrogen-bond donors (Lipinski definition) is 10. The van der Waals surface area contributed by atoms with E-state index in [0.29, 0.717) is 0 Å². The number of sulfonamides is 2. The molecule has 0 unspecified atom stereocenters. The van der Waals surface area contributed by atoms with Gasteiger partial charge in [0.15, 0.2) is 12.2 Å². The standard InChI is InChI=1S/C24H28N2O18S3/c27-13-15(29)19(21(33)34)43-23(17(13)31)46(39,40)25-9-1-5-11(6-2-9)45(37,38)12-7-3-10(4-8-12)26-47(41,42)24-18(32)14(28)16(30)20(44-24)22(35)36/h1-8,13-20,23-32H,(H,33,34)(H,35,36)/t13-,14-,15-,16-,17+,18+,19-,20-,23+,24+/m0/s1. The molecule has 2 aliphatic heterocycles. The lowest BCUT2D eigenvalue weighted by Gasteiger charge is -2.38. The molecule has 20 nitrogen and oxygen atoms in total. The van der Waals surface area contributed by atoms with Crippen LogP contribution in [0.25, 0.3) is 0 Å². The van der Waals surface area contributed by atoms with Crippen molar-refractivity contribution in [3.05, 3.63) is 48.5 Å². The Morgan fingerprint density at radius 2 is 0.809 bits per heavy atom. The fourth-order valence-corrected chi connectivity index (χ4v) is 8.61. The molecule has 2 aromatic carbocycles. The molecule has 4 rings (SSSR count). The van der Waals surface area contributed by atoms with Crippen LogP contribution >= 0.6 is 0 Å². The van der Waals surface area contributed by atoms with Gasteiger partial charge in [0.05, 0.1) is 9.79 Å². The van der Waals surface area contributed by atoms with E-state index in [-0.39, 0.29) is 21.2 Å². The molecule has 10 atom stereocenters. The largest absolute Gasteiger partial charge is 0.479 e. The van der Waals surface area contributed by atoms with Crippen molar-refractivity contribution < 1.29 is 85.2 Å². The quantitative estimate of drug-likeness (QED) is 0.111. The van der Waals surface area contributed by atoms with Crippen LogP contribution in [0.15, 0.2) is 58.3 Å². The Hall–Kier alpha value is -3.49. The Labute approximate surface area is 265 Å². The van der Waals surface area contributed by atoms with Crippen molar-refractivity contribution in [3.8, 4) is 0 Å². The van der Waals surface area contributed by atoms with Gasteiger partial charge in [-0.1, -0.05) is 0 Å². The molecule has 0 saturated carbocycles. The summed E-state index contributed by atoms with van der Waals surface area (Å²) in [5.41, 5.74) is -5.23. The zero-order chi connectivity index (χ0) is 35.2. The Bertz CT molecular complexity index is 1690. The highest BCUT2D eigenvalue weighted by Gasteiger charge is 2.53. The highest BCUT2D eigenvalue weighted by atomic mass is 32.2. The maximum absolute atomic E-state index is 13.1. The van der Waals surface area contributed by atoms with Crippen molar-refractivity contribution >= 4 is 53.2 Å². The fourth-order valence-electron chi connectivity index (χ4n) is 4.60. The van der Waals surface area contributed by atoms with Crippen LogP contribution in [-0.4, -0.2) is 138 Å². The fraction of sp³-hybridized carbons (Fsp3) is 0.417. The van der Waals surface area contributed by atoms with E-state index in [1.807, 2.05) is 9.44 Å². The van der Waals surface area contributed by atoms with Gasteiger partial charge in [-0.2, -0.15) is 0 Å². The molecule has 0 spiro atoms. The molecule has 2 heterocycles. The number of ether oxygens (including phenoxy) is 2. The molecular weight excluding hydrogens is 700 g/mol. The molecule has 0 aromatic heterocycles. The van der Waals surface area contributed by atoms with Gasteiger partial charge >= 0.3 is 11.9 Å². The van der Waals surface area contributed by atoms with Gasteiger partial charge in [-0.25, -0.2) is 34.8 Å². The number of carboxylic acids is 2. The van der Waals surface area contributed by atoms with Crippen LogP contribution < -0.4 is 9.44 Å². The Kier molecular flexibility index (Phi) is 10.2. The highest BCUT2D eigenvalue weighted by molar-refractivity contribution is 7.93. The van der Waals surface area contributed by atoms with E-state index in [2.05, 4.69) is 0 Å². The smallest absolute Gasteiger partial charge is 0.335 e. The maximum Gasteiger partial charge on any atom is 0.335 e. The number of carbonyl (C=O) groups is 2. The molecular formula is C24H28N2O18S3. The van der Waals surface area contributed by atoms with Gasteiger partial charge in [0, 0.05) is 11.4 Å². The minimum Gasteiger partial charge on any atom is -0.479 e. The van der Waals surface area contributed by atoms with Crippen LogP contribution in [-0.2, 0) is 48.9 Å². The zero-order valence-corrected chi connectivity index (χ0v) is 25.7. The molecule has 10 N–H and O–H groups in total. The van der Waals surface area contributed by atoms with E-state index < -0.39 is 102 Å². The Morgan fingerprint density at radius 3 is 1.09 bits per heavy atom. The third-order valence-corrected chi connectivity index (χ3v) is 11.9. The third-order valence-electron chi connectivity index (χ3n) is 7.09. The molecule has 2 fully saturated rings.